The van der Waals surface area contributed by atoms with Crippen LogP contribution >= 0.6 is 23.2 Å². The molecule has 0 radical (unpaired) electrons. The van der Waals surface area contributed by atoms with Crippen LogP contribution in [0.2, 0.25) is 10.3 Å². The molecule has 7 heterocycles. The number of carbonyl (C=O) groups is 4. The van der Waals surface area contributed by atoms with Crippen molar-refractivity contribution < 1.29 is 95.0 Å². The molecule has 5 unspecified atom stereocenters. The number of nitrogens with zero attached hydrogens (tertiary/aromatic N) is 6. The van der Waals surface area contributed by atoms with Gasteiger partial charge in [0.15, 0.2) is 11.9 Å². The van der Waals surface area contributed by atoms with Gasteiger partial charge in [-0.05, 0) is 93.5 Å². The first-order valence-corrected chi connectivity index (χ1v) is 29.1. The first-order chi connectivity index (χ1) is 40.6. The van der Waals surface area contributed by atoms with Crippen LogP contribution in [0.25, 0.3) is 0 Å². The first kappa shape index (κ1) is 77.2. The first-order valence-electron chi connectivity index (χ1n) is 28.4. The number of pyridine rings is 2. The molecule has 3 amide bonds. The van der Waals surface area contributed by atoms with Gasteiger partial charge in [0.25, 0.3) is 5.88 Å². The monoisotopic (exact) mass is 1270 g/mol. The molecule has 2 aromatic rings. The second-order valence-electron chi connectivity index (χ2n) is 22.3. The average molecular weight is 1270 g/mol. The van der Waals surface area contributed by atoms with Gasteiger partial charge in [-0.25, -0.2) is 23.6 Å². The number of anilines is 1. The van der Waals surface area contributed by atoms with Crippen LogP contribution in [0.1, 0.15) is 69.2 Å². The number of hydrogen-bond donors (Lipinski definition) is 2. The topological polar surface area (TPSA) is 268 Å². The Labute approximate surface area is 516 Å². The Morgan fingerprint density at radius 2 is 1.02 bits per heavy atom. The van der Waals surface area contributed by atoms with Crippen LogP contribution in [-0.2, 0) is 61.6 Å². The summed E-state index contributed by atoms with van der Waals surface area (Å²) < 4.78 is 84.9. The van der Waals surface area contributed by atoms with Gasteiger partial charge in [0.05, 0.1) is 124 Å². The third-order valence-corrected chi connectivity index (χ3v) is 12.0. The third-order valence-electron chi connectivity index (χ3n) is 11.6. The highest BCUT2D eigenvalue weighted by Gasteiger charge is 2.33. The number of aliphatic hydroxyl groups is 1. The smallest absolute Gasteiger partial charge is 0.410 e. The van der Waals surface area contributed by atoms with E-state index < -0.39 is 40.8 Å². The van der Waals surface area contributed by atoms with Crippen LogP contribution in [0.15, 0.2) is 24.3 Å². The van der Waals surface area contributed by atoms with Gasteiger partial charge in [0, 0.05) is 67.1 Å². The summed E-state index contributed by atoms with van der Waals surface area (Å²) in [6, 6.07) is 6.25. The molecular weight excluding hydrogens is 1180 g/mol. The second kappa shape index (κ2) is 40.6. The van der Waals surface area contributed by atoms with Gasteiger partial charge in [-0.15, -0.1) is 0 Å². The van der Waals surface area contributed by atoms with E-state index in [9.17, 15) is 23.6 Å². The zero-order valence-electron chi connectivity index (χ0n) is 53.0. The molecule has 5 saturated heterocycles. The molecule has 2 aromatic heterocycles. The number of halogens is 3. The zero-order chi connectivity index (χ0) is 64.5. The molecule has 0 saturated carbocycles. The summed E-state index contributed by atoms with van der Waals surface area (Å²) in [5.41, 5.74) is -0.545. The van der Waals surface area contributed by atoms with Crippen LogP contribution < -0.4 is 19.7 Å². The average Bonchev–Trinajstić information content (AvgIpc) is 3.07. The van der Waals surface area contributed by atoms with Crippen molar-refractivity contribution in [2.75, 3.05) is 172 Å². The highest BCUT2D eigenvalue weighted by Crippen LogP contribution is 2.29. The summed E-state index contributed by atoms with van der Waals surface area (Å²) in [5.74, 6) is -0.481. The van der Waals surface area contributed by atoms with E-state index in [1.165, 1.54) is 24.1 Å². The number of ether oxygens (including phenoxy) is 14. The largest absolute Gasteiger partial charge is 0.479 e. The van der Waals surface area contributed by atoms with Crippen molar-refractivity contribution in [3.63, 3.8) is 0 Å². The molecule has 0 aliphatic carbocycles. The predicted molar refractivity (Wildman–Crippen MR) is 318 cm³/mol. The molecule has 5 atom stereocenters. The van der Waals surface area contributed by atoms with Crippen molar-refractivity contribution in [3.05, 3.63) is 40.4 Å². The maximum Gasteiger partial charge on any atom is 0.410 e. The van der Waals surface area contributed by atoms with Gasteiger partial charge in [-0.2, -0.15) is 9.97 Å². The Hall–Kier alpha value is -4.91. The number of aromatic nitrogens is 2. The summed E-state index contributed by atoms with van der Waals surface area (Å²) in [5, 5.41) is 12.8. The van der Waals surface area contributed by atoms with E-state index in [1.807, 2.05) is 47.6 Å². The minimum atomic E-state index is -0.716. The molecule has 29 heteroatoms. The molecule has 86 heavy (non-hydrogen) atoms. The fourth-order valence-corrected chi connectivity index (χ4v) is 8.10. The van der Waals surface area contributed by atoms with E-state index in [4.69, 9.17) is 89.9 Å². The summed E-state index contributed by atoms with van der Waals surface area (Å²) in [6.45, 7) is 29.1. The Morgan fingerprint density at radius 3 is 1.48 bits per heavy atom. The zero-order valence-corrected chi connectivity index (χ0v) is 54.5. The van der Waals surface area contributed by atoms with Crippen molar-refractivity contribution in [2.45, 2.75) is 117 Å². The van der Waals surface area contributed by atoms with E-state index in [-0.39, 0.29) is 60.8 Å². The molecule has 5 fully saturated rings. The van der Waals surface area contributed by atoms with Crippen molar-refractivity contribution in [2.24, 2.45) is 0 Å². The van der Waals surface area contributed by atoms with Crippen molar-refractivity contribution >= 4 is 53.1 Å². The number of methoxy groups -OCH3 is 5. The minimum absolute atomic E-state index is 0.0498. The minimum Gasteiger partial charge on any atom is -0.479 e. The lowest BCUT2D eigenvalue weighted by molar-refractivity contribution is -0.161. The number of aliphatic hydroxyl groups excluding tert-OH is 1. The van der Waals surface area contributed by atoms with Crippen LogP contribution in [0.4, 0.5) is 24.5 Å². The summed E-state index contributed by atoms with van der Waals surface area (Å²) in [7, 11) is 7.91. The number of amides is 3. The summed E-state index contributed by atoms with van der Waals surface area (Å²) in [4.78, 5) is 61.4. The highest BCUT2D eigenvalue weighted by molar-refractivity contribution is 6.29. The fraction of sp³-hybridized carbons (Fsp3) is 0.754. The molecule has 7 rings (SSSR count). The van der Waals surface area contributed by atoms with Gasteiger partial charge in [-0.3, -0.25) is 0 Å². The van der Waals surface area contributed by atoms with Crippen molar-refractivity contribution in [1.82, 2.24) is 30.0 Å². The number of rotatable bonds is 12. The lowest BCUT2D eigenvalue weighted by atomic mass is 10.2. The maximum absolute atomic E-state index is 12.5. The van der Waals surface area contributed by atoms with Crippen LogP contribution in [0.3, 0.4) is 0 Å². The SMILES string of the molecule is CC(C)(C)OC(=O)N1CCOC(CO)C1.CCOC(=O)C1CN(C(=O)OC(C)(C)C)CCO1.COCC1CN(C(=O)OC(C)(C)C)CCO1.COCC1CN(c2ccc(Cl)nc2OC)CCO1.COCC1CNCCO1.COc1nc(Cl)ccc1F. The molecule has 5 aliphatic rings. The maximum atomic E-state index is 12.5. The van der Waals surface area contributed by atoms with Crippen molar-refractivity contribution in [3.8, 4) is 11.8 Å². The van der Waals surface area contributed by atoms with E-state index in [0.29, 0.717) is 96.6 Å². The Bertz CT molecular complexity index is 2250. The van der Waals surface area contributed by atoms with Gasteiger partial charge >= 0.3 is 24.2 Å². The van der Waals surface area contributed by atoms with Crippen molar-refractivity contribution in [1.29, 1.82) is 0 Å². The van der Waals surface area contributed by atoms with Gasteiger partial charge < -0.3 is 96.3 Å². The Morgan fingerprint density at radius 1 is 0.593 bits per heavy atom. The standard InChI is InChI=1S/C12H17ClN2O3.C12H21NO5.C11H21NO4.C10H19NO4.C6H5ClFNO.C6H13NO2/c1-16-8-9-7-15(5-6-18-9)10-3-4-11(13)14-12(10)17-2;1-5-16-10(14)9-8-13(6-7-17-9)11(15)18-12(2,3)4;1-11(2,3)16-10(13)12-5-6-15-9(7-12)8-14-4;1-10(2,3)15-9(13)11-4-5-14-8(6-11)7-12;1-10-6-4(8)2-3-5(7)9-6;1-8-5-6-4-7-2-3-9-6/h3-4,9H,5-8H2,1-2H3;9H,5-8H2,1-4H3;9H,5-8H2,1-4H3;8,12H,4-7H2,1-3H3;2-3H,1H3;6-7H,2-5H2,1H3. The van der Waals surface area contributed by atoms with Crippen LogP contribution in [0.5, 0.6) is 11.8 Å². The molecule has 494 valence electrons. The van der Waals surface area contributed by atoms with Gasteiger partial charge in [-0.1, -0.05) is 23.2 Å². The number of nitrogens with one attached hydrogen (secondary N) is 1. The lowest BCUT2D eigenvalue weighted by Crippen LogP contribution is -2.50. The molecule has 5 aliphatic heterocycles. The fourth-order valence-electron chi connectivity index (χ4n) is 7.82. The quantitative estimate of drug-likeness (QED) is 0.137. The van der Waals surface area contributed by atoms with Gasteiger partial charge in [0.1, 0.15) is 32.8 Å². The number of hydrogen-bond acceptors (Lipinski definition) is 23. The molecular formula is C57H96Cl2FN7O19. The molecule has 0 aromatic carbocycles. The molecule has 0 bridgehead atoms. The predicted octanol–water partition coefficient (Wildman–Crippen LogP) is 6.17. The number of carbonyl (C=O) groups excluding carboxylic acids is 4. The molecule has 2 N–H and O–H groups in total. The summed E-state index contributed by atoms with van der Waals surface area (Å²) >= 11 is 11.3. The van der Waals surface area contributed by atoms with E-state index in [1.54, 1.807) is 72.0 Å². The normalized spacial score (nSPS) is 20.6. The molecule has 26 nitrogen and oxygen atoms in total. The summed E-state index contributed by atoms with van der Waals surface area (Å²) in [6.07, 6.45) is -1.77. The number of esters is 1. The third kappa shape index (κ3) is 32.4. The van der Waals surface area contributed by atoms with E-state index >= 15 is 0 Å². The Balaban J connectivity index is 0.000000357. The lowest BCUT2D eigenvalue weighted by Gasteiger charge is -2.34. The van der Waals surface area contributed by atoms with Crippen LogP contribution in [0, 0.1) is 5.82 Å². The second-order valence-corrected chi connectivity index (χ2v) is 23.1. The van der Waals surface area contributed by atoms with E-state index in [0.717, 1.165) is 38.5 Å². The Kier molecular flexibility index (Phi) is 36.4. The van der Waals surface area contributed by atoms with Gasteiger partial charge in [0.2, 0.25) is 5.88 Å². The number of morpholine rings is 5. The van der Waals surface area contributed by atoms with Crippen LogP contribution in [-0.4, -0.2) is 268 Å². The highest BCUT2D eigenvalue weighted by atomic mass is 35.5. The molecule has 0 spiro atoms. The van der Waals surface area contributed by atoms with E-state index in [2.05, 4.69) is 24.9 Å².